The maximum absolute atomic E-state index is 12.0. The third-order valence-electron chi connectivity index (χ3n) is 2.02. The lowest BCUT2D eigenvalue weighted by Crippen LogP contribution is -2.12. The van der Waals surface area contributed by atoms with Crippen LogP contribution in [-0.4, -0.2) is 13.4 Å². The van der Waals surface area contributed by atoms with Crippen molar-refractivity contribution in [2.45, 2.75) is 11.1 Å². The molecule has 1 aromatic heterocycles. The quantitative estimate of drug-likeness (QED) is 0.945. The first-order valence-corrected chi connectivity index (χ1v) is 7.41. The number of rotatable bonds is 3. The normalized spacial score (nSPS) is 11.4. The summed E-state index contributed by atoms with van der Waals surface area (Å²) in [5.41, 5.74) is 2.43. The topological polar surface area (TPSA) is 59.1 Å². The molecule has 0 aliphatic rings. The van der Waals surface area contributed by atoms with Gasteiger partial charge in [0.25, 0.3) is 10.0 Å². The highest BCUT2D eigenvalue weighted by Gasteiger charge is 2.19. The number of hydrogen-bond acceptors (Lipinski definition) is 4. The van der Waals surface area contributed by atoms with E-state index < -0.39 is 10.0 Å². The molecule has 0 aliphatic carbocycles. The zero-order chi connectivity index (χ0) is 12.5. The Morgan fingerprint density at radius 1 is 1.41 bits per heavy atom. The fourth-order valence-electron chi connectivity index (χ4n) is 1.30. The minimum Gasteiger partial charge on any atom is -0.279 e. The Bertz CT molecular complexity index is 637. The average Bonchev–Trinajstić information content (AvgIpc) is 2.64. The van der Waals surface area contributed by atoms with Crippen LogP contribution in [0.25, 0.3) is 0 Å². The molecular formula is C10H9ClN2O2S2. The lowest BCUT2D eigenvalue weighted by atomic mass is 10.3. The number of nitrogens with one attached hydrogen (secondary N) is 1. The van der Waals surface area contributed by atoms with Crippen molar-refractivity contribution in [1.29, 1.82) is 0 Å². The van der Waals surface area contributed by atoms with Crippen LogP contribution in [-0.2, 0) is 10.0 Å². The molecule has 4 nitrogen and oxygen atoms in total. The van der Waals surface area contributed by atoms with Gasteiger partial charge in [-0.05, 0) is 25.1 Å². The summed E-state index contributed by atoms with van der Waals surface area (Å²) in [5.74, 6) is 0. The summed E-state index contributed by atoms with van der Waals surface area (Å²) in [6.45, 7) is 1.66. The maximum Gasteiger partial charge on any atom is 0.273 e. The number of halogens is 1. The summed E-state index contributed by atoms with van der Waals surface area (Å²) in [6.07, 6.45) is 0. The molecule has 17 heavy (non-hydrogen) atoms. The zero-order valence-electron chi connectivity index (χ0n) is 8.84. The Labute approximate surface area is 108 Å². The predicted octanol–water partition coefficient (Wildman–Crippen LogP) is 2.91. The van der Waals surface area contributed by atoms with Gasteiger partial charge in [-0.2, -0.15) is 0 Å². The lowest BCUT2D eigenvalue weighted by molar-refractivity contribution is 0.602. The second-order valence-electron chi connectivity index (χ2n) is 3.34. The highest BCUT2D eigenvalue weighted by molar-refractivity contribution is 7.94. The summed E-state index contributed by atoms with van der Waals surface area (Å²) >= 11 is 6.87. The van der Waals surface area contributed by atoms with Crippen molar-refractivity contribution in [3.05, 3.63) is 40.5 Å². The predicted molar refractivity (Wildman–Crippen MR) is 69.1 cm³/mol. The van der Waals surface area contributed by atoms with Crippen molar-refractivity contribution in [3.63, 3.8) is 0 Å². The van der Waals surface area contributed by atoms with Crippen LogP contribution in [0.15, 0.2) is 34.0 Å². The molecule has 0 saturated heterocycles. The number of nitrogens with zero attached hydrogens (tertiary/aromatic N) is 1. The highest BCUT2D eigenvalue weighted by Crippen LogP contribution is 2.23. The Balaban J connectivity index is 2.33. The van der Waals surface area contributed by atoms with Crippen molar-refractivity contribution in [2.75, 3.05) is 4.72 Å². The van der Waals surface area contributed by atoms with Gasteiger partial charge in [-0.1, -0.05) is 17.7 Å². The standard InChI is InChI=1S/C10H9ClN2O2S2/c1-7-10(16-6-12-7)17(14,15)13-9-4-2-3-8(11)5-9/h2-6,13H,1H3. The van der Waals surface area contributed by atoms with Gasteiger partial charge in [-0.25, -0.2) is 13.4 Å². The van der Waals surface area contributed by atoms with E-state index in [2.05, 4.69) is 9.71 Å². The molecule has 2 rings (SSSR count). The van der Waals surface area contributed by atoms with E-state index in [0.717, 1.165) is 11.3 Å². The third-order valence-corrected chi connectivity index (χ3v) is 5.21. The molecule has 0 aliphatic heterocycles. The molecule has 0 saturated carbocycles. The number of hydrogen-bond donors (Lipinski definition) is 1. The molecule has 0 unspecified atom stereocenters. The molecule has 7 heteroatoms. The maximum atomic E-state index is 12.0. The third kappa shape index (κ3) is 2.77. The number of aromatic nitrogens is 1. The van der Waals surface area contributed by atoms with E-state index in [9.17, 15) is 8.42 Å². The van der Waals surface area contributed by atoms with Crippen LogP contribution in [0.3, 0.4) is 0 Å². The van der Waals surface area contributed by atoms with Gasteiger partial charge in [0.1, 0.15) is 0 Å². The van der Waals surface area contributed by atoms with E-state index in [4.69, 9.17) is 11.6 Å². The Kier molecular flexibility index (Phi) is 3.37. The van der Waals surface area contributed by atoms with Crippen molar-refractivity contribution >= 4 is 38.6 Å². The Morgan fingerprint density at radius 3 is 2.76 bits per heavy atom. The zero-order valence-corrected chi connectivity index (χ0v) is 11.2. The van der Waals surface area contributed by atoms with Crippen LogP contribution >= 0.6 is 22.9 Å². The molecule has 0 atom stereocenters. The van der Waals surface area contributed by atoms with E-state index in [0.29, 0.717) is 16.4 Å². The van der Waals surface area contributed by atoms with Crippen LogP contribution in [0.5, 0.6) is 0 Å². The average molecular weight is 289 g/mol. The van der Waals surface area contributed by atoms with Crippen molar-refractivity contribution in [3.8, 4) is 0 Å². The second kappa shape index (κ2) is 4.64. The van der Waals surface area contributed by atoms with Crippen molar-refractivity contribution in [1.82, 2.24) is 4.98 Å². The first-order valence-electron chi connectivity index (χ1n) is 4.67. The fraction of sp³-hybridized carbons (Fsp3) is 0.100. The van der Waals surface area contributed by atoms with Crippen molar-refractivity contribution < 1.29 is 8.42 Å². The lowest BCUT2D eigenvalue weighted by Gasteiger charge is -2.06. The van der Waals surface area contributed by atoms with E-state index in [-0.39, 0.29) is 4.21 Å². The first kappa shape index (κ1) is 12.3. The smallest absolute Gasteiger partial charge is 0.273 e. The van der Waals surface area contributed by atoms with E-state index in [1.165, 1.54) is 5.51 Å². The van der Waals surface area contributed by atoms with Gasteiger partial charge in [-0.15, -0.1) is 11.3 Å². The van der Waals surface area contributed by atoms with Gasteiger partial charge >= 0.3 is 0 Å². The van der Waals surface area contributed by atoms with Crippen LogP contribution in [0.4, 0.5) is 5.69 Å². The monoisotopic (exact) mass is 288 g/mol. The minimum absolute atomic E-state index is 0.220. The SMILES string of the molecule is Cc1ncsc1S(=O)(=O)Nc1cccc(Cl)c1. The van der Waals surface area contributed by atoms with E-state index in [1.54, 1.807) is 31.2 Å². The number of anilines is 1. The Hall–Kier alpha value is -1.11. The highest BCUT2D eigenvalue weighted by atomic mass is 35.5. The summed E-state index contributed by atoms with van der Waals surface area (Å²) in [6, 6.07) is 6.55. The number of aryl methyl sites for hydroxylation is 1. The van der Waals surface area contributed by atoms with Gasteiger partial charge < -0.3 is 0 Å². The van der Waals surface area contributed by atoms with E-state index in [1.807, 2.05) is 0 Å². The second-order valence-corrected chi connectivity index (χ2v) is 6.51. The summed E-state index contributed by atoms with van der Waals surface area (Å²) in [4.78, 5) is 3.92. The molecule has 90 valence electrons. The largest absolute Gasteiger partial charge is 0.279 e. The van der Waals surface area contributed by atoms with Gasteiger partial charge in [0.15, 0.2) is 4.21 Å². The van der Waals surface area contributed by atoms with Gasteiger partial charge in [-0.3, -0.25) is 4.72 Å². The first-order chi connectivity index (χ1) is 7.99. The summed E-state index contributed by atoms with van der Waals surface area (Å²) < 4.78 is 26.7. The summed E-state index contributed by atoms with van der Waals surface area (Å²) in [5, 5.41) is 0.478. The molecule has 1 heterocycles. The molecule has 1 aromatic carbocycles. The van der Waals surface area contributed by atoms with Gasteiger partial charge in [0, 0.05) is 5.02 Å². The minimum atomic E-state index is -3.57. The molecule has 2 aromatic rings. The molecule has 1 N–H and O–H groups in total. The van der Waals surface area contributed by atoms with Crippen molar-refractivity contribution in [2.24, 2.45) is 0 Å². The van der Waals surface area contributed by atoms with E-state index >= 15 is 0 Å². The number of benzene rings is 1. The number of thiazole rings is 1. The Morgan fingerprint density at radius 2 is 2.18 bits per heavy atom. The van der Waals surface area contributed by atoms with Crippen LogP contribution in [0, 0.1) is 6.92 Å². The molecule has 0 amide bonds. The molecule has 0 fully saturated rings. The van der Waals surface area contributed by atoms with Gasteiger partial charge in [0.05, 0.1) is 16.9 Å². The molecule has 0 spiro atoms. The number of sulfonamides is 1. The van der Waals surface area contributed by atoms with Crippen LogP contribution in [0.2, 0.25) is 5.02 Å². The van der Waals surface area contributed by atoms with Crippen LogP contribution in [0.1, 0.15) is 5.69 Å². The molecular weight excluding hydrogens is 280 g/mol. The van der Waals surface area contributed by atoms with Gasteiger partial charge in [0.2, 0.25) is 0 Å². The molecule has 0 bridgehead atoms. The fourth-order valence-corrected chi connectivity index (χ4v) is 3.76. The molecule has 0 radical (unpaired) electrons. The summed E-state index contributed by atoms with van der Waals surface area (Å²) in [7, 11) is -3.57. The van der Waals surface area contributed by atoms with Crippen LogP contribution < -0.4 is 4.72 Å².